The maximum atomic E-state index is 5.24. The SMILES string of the molecule is c1ccc(-c2cccc(-c3cc(-c4nc(-c5ccccc5)cc(-c5ccccc5)n4)cc(-c4cc5ccccc5c5ccccc45)c3)c2)cc1. The Hall–Kier alpha value is -6.64. The molecule has 1 aromatic heterocycles. The highest BCUT2D eigenvalue weighted by Crippen LogP contribution is 2.39. The summed E-state index contributed by atoms with van der Waals surface area (Å²) >= 11 is 0. The molecular weight excluding hydrogens is 605 g/mol. The molecule has 0 aliphatic heterocycles. The molecule has 8 aromatic carbocycles. The highest BCUT2D eigenvalue weighted by Gasteiger charge is 2.16. The topological polar surface area (TPSA) is 25.8 Å². The molecule has 9 aromatic rings. The fourth-order valence-electron chi connectivity index (χ4n) is 6.97. The lowest BCUT2D eigenvalue weighted by Gasteiger charge is -2.15. The van der Waals surface area contributed by atoms with Gasteiger partial charge in [-0.1, -0.05) is 158 Å². The Morgan fingerprint density at radius 2 is 0.720 bits per heavy atom. The van der Waals surface area contributed by atoms with Crippen LogP contribution in [0.4, 0.5) is 0 Å². The molecule has 50 heavy (non-hydrogen) atoms. The molecule has 0 unspecified atom stereocenters. The molecule has 9 rings (SSSR count). The molecule has 0 radical (unpaired) electrons. The third-order valence-corrected chi connectivity index (χ3v) is 9.44. The first-order valence-corrected chi connectivity index (χ1v) is 17.0. The van der Waals surface area contributed by atoms with Crippen molar-refractivity contribution in [2.45, 2.75) is 0 Å². The van der Waals surface area contributed by atoms with Gasteiger partial charge < -0.3 is 0 Å². The summed E-state index contributed by atoms with van der Waals surface area (Å²) < 4.78 is 0. The Balaban J connectivity index is 1.31. The van der Waals surface area contributed by atoms with Crippen molar-refractivity contribution in [3.63, 3.8) is 0 Å². The van der Waals surface area contributed by atoms with Gasteiger partial charge in [-0.15, -0.1) is 0 Å². The summed E-state index contributed by atoms with van der Waals surface area (Å²) in [6.45, 7) is 0. The van der Waals surface area contributed by atoms with Crippen molar-refractivity contribution >= 4 is 21.5 Å². The second-order valence-electron chi connectivity index (χ2n) is 12.6. The van der Waals surface area contributed by atoms with Crippen molar-refractivity contribution in [2.75, 3.05) is 0 Å². The molecule has 2 nitrogen and oxygen atoms in total. The minimum Gasteiger partial charge on any atom is -0.228 e. The molecule has 0 N–H and O–H groups in total. The van der Waals surface area contributed by atoms with E-state index in [1.54, 1.807) is 0 Å². The number of hydrogen-bond donors (Lipinski definition) is 0. The van der Waals surface area contributed by atoms with Gasteiger partial charge in [0.25, 0.3) is 0 Å². The number of hydrogen-bond acceptors (Lipinski definition) is 2. The van der Waals surface area contributed by atoms with Gasteiger partial charge in [0, 0.05) is 16.7 Å². The van der Waals surface area contributed by atoms with Crippen LogP contribution in [0.25, 0.3) is 88.8 Å². The first-order chi connectivity index (χ1) is 24.8. The fraction of sp³-hybridized carbons (Fsp3) is 0. The normalized spacial score (nSPS) is 11.2. The summed E-state index contributed by atoms with van der Waals surface area (Å²) in [5.41, 5.74) is 11.8. The summed E-state index contributed by atoms with van der Waals surface area (Å²) in [6.07, 6.45) is 0. The van der Waals surface area contributed by atoms with Gasteiger partial charge in [0.2, 0.25) is 0 Å². The molecule has 0 saturated heterocycles. The van der Waals surface area contributed by atoms with E-state index in [0.29, 0.717) is 5.82 Å². The van der Waals surface area contributed by atoms with Crippen LogP contribution in [0.15, 0.2) is 194 Å². The van der Waals surface area contributed by atoms with Crippen LogP contribution in [0.2, 0.25) is 0 Å². The molecule has 0 atom stereocenters. The Morgan fingerprint density at radius 3 is 1.38 bits per heavy atom. The van der Waals surface area contributed by atoms with Crippen molar-refractivity contribution in [3.05, 3.63) is 194 Å². The molecule has 1 heterocycles. The molecule has 0 aliphatic rings. The molecule has 0 aliphatic carbocycles. The van der Waals surface area contributed by atoms with Crippen molar-refractivity contribution in [3.8, 4) is 67.3 Å². The van der Waals surface area contributed by atoms with Crippen LogP contribution in [-0.4, -0.2) is 9.97 Å². The zero-order valence-electron chi connectivity index (χ0n) is 27.4. The van der Waals surface area contributed by atoms with Crippen LogP contribution < -0.4 is 0 Å². The Kier molecular flexibility index (Phi) is 7.53. The number of nitrogens with zero attached hydrogens (tertiary/aromatic N) is 2. The van der Waals surface area contributed by atoms with Gasteiger partial charge in [0.15, 0.2) is 5.82 Å². The van der Waals surface area contributed by atoms with Crippen LogP contribution in [0, 0.1) is 0 Å². The van der Waals surface area contributed by atoms with Gasteiger partial charge in [0.1, 0.15) is 0 Å². The van der Waals surface area contributed by atoms with E-state index in [1.165, 1.54) is 38.2 Å². The summed E-state index contributed by atoms with van der Waals surface area (Å²) in [6, 6.07) is 68.8. The fourth-order valence-corrected chi connectivity index (χ4v) is 6.97. The summed E-state index contributed by atoms with van der Waals surface area (Å²) in [4.78, 5) is 10.5. The lowest BCUT2D eigenvalue weighted by molar-refractivity contribution is 1.18. The maximum Gasteiger partial charge on any atom is 0.160 e. The largest absolute Gasteiger partial charge is 0.228 e. The molecule has 0 spiro atoms. The molecule has 2 heteroatoms. The van der Waals surface area contributed by atoms with Crippen molar-refractivity contribution < 1.29 is 0 Å². The number of fused-ring (bicyclic) bond motifs is 3. The lowest BCUT2D eigenvalue weighted by Crippen LogP contribution is -1.97. The molecule has 0 amide bonds. The number of rotatable bonds is 6. The number of benzene rings is 8. The minimum atomic E-state index is 0.692. The minimum absolute atomic E-state index is 0.692. The highest BCUT2D eigenvalue weighted by molar-refractivity contribution is 6.14. The zero-order chi connectivity index (χ0) is 33.3. The van der Waals surface area contributed by atoms with Crippen LogP contribution in [0.5, 0.6) is 0 Å². The maximum absolute atomic E-state index is 5.24. The summed E-state index contributed by atoms with van der Waals surface area (Å²) in [5, 5.41) is 4.93. The smallest absolute Gasteiger partial charge is 0.160 e. The van der Waals surface area contributed by atoms with E-state index in [2.05, 4.69) is 182 Å². The average molecular weight is 637 g/mol. The van der Waals surface area contributed by atoms with E-state index < -0.39 is 0 Å². The molecular formula is C48H32N2. The van der Waals surface area contributed by atoms with Crippen molar-refractivity contribution in [1.82, 2.24) is 9.97 Å². The highest BCUT2D eigenvalue weighted by atomic mass is 14.9. The third kappa shape index (κ3) is 5.63. The Morgan fingerprint density at radius 1 is 0.260 bits per heavy atom. The number of aromatic nitrogens is 2. The van der Waals surface area contributed by atoms with E-state index in [9.17, 15) is 0 Å². The predicted molar refractivity (Wildman–Crippen MR) is 210 cm³/mol. The molecule has 0 fully saturated rings. The van der Waals surface area contributed by atoms with E-state index in [-0.39, 0.29) is 0 Å². The molecule has 0 bridgehead atoms. The summed E-state index contributed by atoms with van der Waals surface area (Å²) in [7, 11) is 0. The third-order valence-electron chi connectivity index (χ3n) is 9.44. The van der Waals surface area contributed by atoms with Crippen LogP contribution in [0.3, 0.4) is 0 Å². The van der Waals surface area contributed by atoms with E-state index in [4.69, 9.17) is 9.97 Å². The first-order valence-electron chi connectivity index (χ1n) is 17.0. The molecule has 234 valence electrons. The zero-order valence-corrected chi connectivity index (χ0v) is 27.4. The first kappa shape index (κ1) is 29.5. The quantitative estimate of drug-likeness (QED) is 0.170. The van der Waals surface area contributed by atoms with Crippen LogP contribution >= 0.6 is 0 Å². The van der Waals surface area contributed by atoms with Gasteiger partial charge >= 0.3 is 0 Å². The van der Waals surface area contributed by atoms with Crippen molar-refractivity contribution in [2.24, 2.45) is 0 Å². The van der Waals surface area contributed by atoms with Gasteiger partial charge in [-0.25, -0.2) is 9.97 Å². The Labute approximate surface area is 292 Å². The Bertz CT molecular complexity index is 2570. The second-order valence-corrected chi connectivity index (χ2v) is 12.6. The van der Waals surface area contributed by atoms with Gasteiger partial charge in [0.05, 0.1) is 11.4 Å². The lowest BCUT2D eigenvalue weighted by atomic mass is 9.90. The molecule has 0 saturated carbocycles. The van der Waals surface area contributed by atoms with Gasteiger partial charge in [-0.3, -0.25) is 0 Å². The van der Waals surface area contributed by atoms with E-state index in [0.717, 1.165) is 44.8 Å². The monoisotopic (exact) mass is 636 g/mol. The average Bonchev–Trinajstić information content (AvgIpc) is 3.21. The standard InChI is InChI=1S/C48H32N2/c1-4-15-33(16-5-1)36-22-14-23-37(27-36)39-28-40(45-31-38-21-10-11-24-42(38)43-25-12-13-26-44(43)45)30-41(29-39)48-49-46(34-17-6-2-7-18-34)32-47(50-48)35-19-8-3-9-20-35/h1-32H. The second kappa shape index (κ2) is 12.8. The van der Waals surface area contributed by atoms with E-state index >= 15 is 0 Å². The van der Waals surface area contributed by atoms with Crippen LogP contribution in [-0.2, 0) is 0 Å². The van der Waals surface area contributed by atoms with Crippen molar-refractivity contribution in [1.29, 1.82) is 0 Å². The van der Waals surface area contributed by atoms with E-state index in [1.807, 2.05) is 12.1 Å². The predicted octanol–water partition coefficient (Wildman–Crippen LogP) is 12.8. The van der Waals surface area contributed by atoms with Gasteiger partial charge in [-0.2, -0.15) is 0 Å². The van der Waals surface area contributed by atoms with Crippen LogP contribution in [0.1, 0.15) is 0 Å². The van der Waals surface area contributed by atoms with Gasteiger partial charge in [-0.05, 0) is 91.3 Å². The summed E-state index contributed by atoms with van der Waals surface area (Å²) in [5.74, 6) is 0.692.